The van der Waals surface area contributed by atoms with Crippen LogP contribution in [0.5, 0.6) is 0 Å². The third-order valence-electron chi connectivity index (χ3n) is 2.31. The fourth-order valence-corrected chi connectivity index (χ4v) is 5.01. The Labute approximate surface area is 125 Å². The lowest BCUT2D eigenvalue weighted by molar-refractivity contribution is 0.624. The molecule has 1 heterocycles. The highest BCUT2D eigenvalue weighted by Gasteiger charge is 2.17. The van der Waals surface area contributed by atoms with Crippen molar-refractivity contribution >= 4 is 54.8 Å². The van der Waals surface area contributed by atoms with Crippen LogP contribution in [-0.2, 0) is 0 Å². The first-order valence-electron chi connectivity index (χ1n) is 4.83. The van der Waals surface area contributed by atoms with Crippen molar-refractivity contribution in [1.29, 1.82) is 0 Å². The minimum Gasteiger partial charge on any atom is -0.207 e. The zero-order valence-corrected chi connectivity index (χ0v) is 13.6. The Hall–Kier alpha value is 0.1000. The van der Waals surface area contributed by atoms with Gasteiger partial charge in [0.05, 0.1) is 12.9 Å². The first-order chi connectivity index (χ1) is 7.97. The maximum atomic E-state index is 13.3. The van der Waals surface area contributed by atoms with Crippen LogP contribution in [0.1, 0.15) is 22.1 Å². The molecule has 0 saturated carbocycles. The summed E-state index contributed by atoms with van der Waals surface area (Å²) in [5.74, 6) is -0.254. The van der Waals surface area contributed by atoms with Gasteiger partial charge in [-0.15, -0.1) is 22.9 Å². The first-order valence-corrected chi connectivity index (χ1v) is 7.67. The van der Waals surface area contributed by atoms with Crippen molar-refractivity contribution in [3.05, 3.63) is 54.3 Å². The average Bonchev–Trinajstić information content (AvgIpc) is 2.55. The molecule has 0 nitrogen and oxygen atoms in total. The van der Waals surface area contributed by atoms with Gasteiger partial charge in [-0.05, 0) is 68.1 Å². The lowest BCUT2D eigenvalue weighted by atomic mass is 10.0. The third-order valence-corrected chi connectivity index (χ3v) is 5.19. The largest absolute Gasteiger partial charge is 0.207 e. The standard InChI is InChI=1S/C12H8Br2ClFS/c1-6-2-7(4-8(16)3-6)11(15)9-5-10(13)17-12(9)14/h2-5,11H,1H3. The van der Waals surface area contributed by atoms with E-state index < -0.39 is 0 Å². The van der Waals surface area contributed by atoms with E-state index in [0.29, 0.717) is 0 Å². The molecule has 1 aromatic heterocycles. The number of halogens is 4. The van der Waals surface area contributed by atoms with Crippen LogP contribution in [0.3, 0.4) is 0 Å². The summed E-state index contributed by atoms with van der Waals surface area (Å²) < 4.78 is 15.3. The maximum Gasteiger partial charge on any atom is 0.123 e. The van der Waals surface area contributed by atoms with E-state index in [1.807, 2.05) is 19.1 Å². The summed E-state index contributed by atoms with van der Waals surface area (Å²) in [6.07, 6.45) is 0. The Kier molecular flexibility index (Phi) is 4.29. The Morgan fingerprint density at radius 2 is 1.94 bits per heavy atom. The molecule has 0 aliphatic carbocycles. The van der Waals surface area contributed by atoms with Gasteiger partial charge in [0.15, 0.2) is 0 Å². The Morgan fingerprint density at radius 3 is 2.47 bits per heavy atom. The summed E-state index contributed by atoms with van der Waals surface area (Å²) in [7, 11) is 0. The predicted octanol–water partition coefficient (Wildman–Crippen LogP) is 6.05. The molecular weight excluding hydrogens is 390 g/mol. The normalized spacial score (nSPS) is 12.8. The van der Waals surface area contributed by atoms with Crippen LogP contribution in [0.25, 0.3) is 0 Å². The van der Waals surface area contributed by atoms with Crippen LogP contribution in [-0.4, -0.2) is 0 Å². The highest BCUT2D eigenvalue weighted by atomic mass is 79.9. The minimum atomic E-state index is -0.346. The van der Waals surface area contributed by atoms with Gasteiger partial charge in [-0.25, -0.2) is 4.39 Å². The zero-order valence-electron chi connectivity index (χ0n) is 8.81. The van der Waals surface area contributed by atoms with E-state index in [4.69, 9.17) is 11.6 Å². The van der Waals surface area contributed by atoms with E-state index in [1.54, 1.807) is 11.3 Å². The fourth-order valence-electron chi connectivity index (χ4n) is 1.62. The van der Waals surface area contributed by atoms with E-state index in [9.17, 15) is 4.39 Å². The van der Waals surface area contributed by atoms with Gasteiger partial charge in [0.25, 0.3) is 0 Å². The van der Waals surface area contributed by atoms with E-state index in [-0.39, 0.29) is 11.2 Å². The van der Waals surface area contributed by atoms with Gasteiger partial charge < -0.3 is 0 Å². The molecule has 2 rings (SSSR count). The number of thiophene rings is 1. The number of rotatable bonds is 2. The van der Waals surface area contributed by atoms with Crippen molar-refractivity contribution < 1.29 is 4.39 Å². The van der Waals surface area contributed by atoms with Crippen LogP contribution in [0.2, 0.25) is 0 Å². The summed E-state index contributed by atoms with van der Waals surface area (Å²) in [6, 6.07) is 6.82. The number of hydrogen-bond acceptors (Lipinski definition) is 1. The van der Waals surface area contributed by atoms with Crippen LogP contribution in [0.4, 0.5) is 4.39 Å². The molecule has 0 aliphatic rings. The maximum absolute atomic E-state index is 13.3. The van der Waals surface area contributed by atoms with Gasteiger partial charge in [-0.3, -0.25) is 0 Å². The molecule has 17 heavy (non-hydrogen) atoms. The molecule has 1 atom stereocenters. The molecule has 90 valence electrons. The molecule has 0 aliphatic heterocycles. The summed E-state index contributed by atoms with van der Waals surface area (Å²) in [5, 5.41) is -0.346. The van der Waals surface area contributed by atoms with Gasteiger partial charge in [-0.1, -0.05) is 6.07 Å². The van der Waals surface area contributed by atoms with Crippen molar-refractivity contribution in [1.82, 2.24) is 0 Å². The summed E-state index contributed by atoms with van der Waals surface area (Å²) in [4.78, 5) is 0. The molecule has 0 amide bonds. The van der Waals surface area contributed by atoms with Crippen LogP contribution < -0.4 is 0 Å². The molecule has 1 aromatic carbocycles. The highest BCUT2D eigenvalue weighted by molar-refractivity contribution is 9.12. The number of aryl methyl sites for hydroxylation is 1. The SMILES string of the molecule is Cc1cc(F)cc(C(Cl)c2cc(Br)sc2Br)c1. The molecule has 0 fully saturated rings. The van der Waals surface area contributed by atoms with Gasteiger partial charge in [0, 0.05) is 5.56 Å². The quantitative estimate of drug-likeness (QED) is 0.540. The monoisotopic (exact) mass is 396 g/mol. The van der Waals surface area contributed by atoms with Crippen molar-refractivity contribution in [3.8, 4) is 0 Å². The predicted molar refractivity (Wildman–Crippen MR) is 78.6 cm³/mol. The molecule has 5 heteroatoms. The fraction of sp³-hybridized carbons (Fsp3) is 0.167. The highest BCUT2D eigenvalue weighted by Crippen LogP contribution is 2.41. The van der Waals surface area contributed by atoms with Gasteiger partial charge >= 0.3 is 0 Å². The number of benzene rings is 1. The van der Waals surface area contributed by atoms with Gasteiger partial charge in [0.2, 0.25) is 0 Å². The second-order valence-electron chi connectivity index (χ2n) is 3.70. The van der Waals surface area contributed by atoms with E-state index in [2.05, 4.69) is 31.9 Å². The average molecular weight is 399 g/mol. The summed E-state index contributed by atoms with van der Waals surface area (Å²) in [6.45, 7) is 1.86. The summed E-state index contributed by atoms with van der Waals surface area (Å²) >= 11 is 14.8. The minimum absolute atomic E-state index is 0.254. The number of hydrogen-bond donors (Lipinski definition) is 0. The summed E-state index contributed by atoms with van der Waals surface area (Å²) in [5.41, 5.74) is 2.60. The number of alkyl halides is 1. The van der Waals surface area contributed by atoms with Crippen LogP contribution in [0, 0.1) is 12.7 Å². The molecule has 2 aromatic rings. The van der Waals surface area contributed by atoms with E-state index >= 15 is 0 Å². The Bertz CT molecular complexity index is 533. The van der Waals surface area contributed by atoms with E-state index in [1.165, 1.54) is 12.1 Å². The zero-order chi connectivity index (χ0) is 12.6. The van der Waals surface area contributed by atoms with Gasteiger partial charge in [0.1, 0.15) is 5.82 Å². The van der Waals surface area contributed by atoms with Crippen molar-refractivity contribution in [3.63, 3.8) is 0 Å². The molecular formula is C12H8Br2ClFS. The molecule has 0 bridgehead atoms. The molecule has 0 N–H and O–H groups in total. The topological polar surface area (TPSA) is 0 Å². The van der Waals surface area contributed by atoms with Crippen LogP contribution >= 0.6 is 54.8 Å². The first kappa shape index (κ1) is 13.5. The van der Waals surface area contributed by atoms with Gasteiger partial charge in [-0.2, -0.15) is 0 Å². The van der Waals surface area contributed by atoms with Crippen molar-refractivity contribution in [2.24, 2.45) is 0 Å². The van der Waals surface area contributed by atoms with E-state index in [0.717, 1.165) is 24.3 Å². The molecule has 0 spiro atoms. The van der Waals surface area contributed by atoms with Crippen molar-refractivity contribution in [2.75, 3.05) is 0 Å². The Morgan fingerprint density at radius 1 is 1.24 bits per heavy atom. The lowest BCUT2D eigenvalue weighted by Gasteiger charge is -2.10. The molecule has 1 unspecified atom stereocenters. The second kappa shape index (κ2) is 5.39. The van der Waals surface area contributed by atoms with Crippen LogP contribution in [0.15, 0.2) is 31.8 Å². The Balaban J connectivity index is 2.43. The van der Waals surface area contributed by atoms with Crippen molar-refractivity contribution in [2.45, 2.75) is 12.3 Å². The molecule has 0 saturated heterocycles. The third kappa shape index (κ3) is 3.11. The molecule has 0 radical (unpaired) electrons. The second-order valence-corrected chi connectivity index (χ2v) is 7.89. The smallest absolute Gasteiger partial charge is 0.123 e. The lowest BCUT2D eigenvalue weighted by Crippen LogP contribution is -1.94.